The van der Waals surface area contributed by atoms with Crippen LogP contribution < -0.4 is 10.5 Å². The third kappa shape index (κ3) is 2.99. The molecule has 2 aliphatic rings. The molecule has 1 saturated carbocycles. The van der Waals surface area contributed by atoms with Gasteiger partial charge in [-0.3, -0.25) is 9.36 Å². The van der Waals surface area contributed by atoms with Gasteiger partial charge in [0.25, 0.3) is 12.0 Å². The van der Waals surface area contributed by atoms with Crippen LogP contribution in [0, 0.1) is 11.8 Å². The molecule has 4 heterocycles. The van der Waals surface area contributed by atoms with Crippen LogP contribution >= 0.6 is 0 Å². The van der Waals surface area contributed by atoms with E-state index in [1.165, 1.54) is 17.0 Å². The van der Waals surface area contributed by atoms with Gasteiger partial charge in [-0.05, 0) is 24.0 Å². The Morgan fingerprint density at radius 1 is 1.19 bits per heavy atom. The number of piperidine rings is 1. The van der Waals surface area contributed by atoms with Crippen LogP contribution in [0.4, 0.5) is 14.5 Å². The summed E-state index contributed by atoms with van der Waals surface area (Å²) in [4.78, 5) is 27.6. The highest BCUT2D eigenvalue weighted by Crippen LogP contribution is 2.58. The van der Waals surface area contributed by atoms with Gasteiger partial charge in [0.15, 0.2) is 17.0 Å². The lowest BCUT2D eigenvalue weighted by Crippen LogP contribution is -2.24. The molecule has 9 nitrogen and oxygen atoms in total. The van der Waals surface area contributed by atoms with Crippen molar-refractivity contribution in [1.82, 2.24) is 29.2 Å². The Bertz CT molecular complexity index is 1370. The second-order valence-electron chi connectivity index (χ2n) is 8.41. The summed E-state index contributed by atoms with van der Waals surface area (Å²) in [5, 5.41) is 4.13. The van der Waals surface area contributed by atoms with Crippen molar-refractivity contribution in [2.45, 2.75) is 18.9 Å². The maximum Gasteiger partial charge on any atom is 0.280 e. The molecular weight excluding hydrogens is 420 g/mol. The molecule has 3 atom stereocenters. The number of imidazole rings is 1. The number of halogens is 2. The summed E-state index contributed by atoms with van der Waals surface area (Å²) in [5.74, 6) is 1.91. The lowest BCUT2D eigenvalue weighted by molar-refractivity contribution is 0.151. The van der Waals surface area contributed by atoms with Gasteiger partial charge in [-0.2, -0.15) is 4.98 Å². The standard InChI is InChI=1S/C21H19F2N7O2/c1-28-9-24-20-17(28)21(31)30(10-25-20)8-15-26-19(27-32-15)16-13-6-29(7-14(13)16)12-4-2-3-11(5-12)18(22)23/h2-5,9-10,13-14,16,18H,6-8H2,1H3/t13-,14+,16?. The van der Waals surface area contributed by atoms with E-state index in [2.05, 4.69) is 25.0 Å². The molecule has 0 spiro atoms. The molecule has 1 aliphatic carbocycles. The molecule has 1 aliphatic heterocycles. The first kappa shape index (κ1) is 19.1. The van der Waals surface area contributed by atoms with Gasteiger partial charge >= 0.3 is 0 Å². The Morgan fingerprint density at radius 3 is 2.75 bits per heavy atom. The molecule has 4 aromatic rings. The predicted molar refractivity (Wildman–Crippen MR) is 110 cm³/mol. The van der Waals surface area contributed by atoms with E-state index in [9.17, 15) is 13.6 Å². The van der Waals surface area contributed by atoms with Gasteiger partial charge in [0.05, 0.1) is 6.33 Å². The second-order valence-corrected chi connectivity index (χ2v) is 8.41. The molecule has 3 aromatic heterocycles. The molecule has 164 valence electrons. The molecule has 32 heavy (non-hydrogen) atoms. The molecule has 0 amide bonds. The summed E-state index contributed by atoms with van der Waals surface area (Å²) in [6.07, 6.45) is 0.505. The average molecular weight is 439 g/mol. The summed E-state index contributed by atoms with van der Waals surface area (Å²) >= 11 is 0. The minimum Gasteiger partial charge on any atom is -0.371 e. The minimum absolute atomic E-state index is 0.0384. The topological polar surface area (TPSA) is 94.9 Å². The zero-order valence-corrected chi connectivity index (χ0v) is 17.1. The molecule has 11 heteroatoms. The van der Waals surface area contributed by atoms with E-state index in [1.54, 1.807) is 30.1 Å². The molecule has 1 unspecified atom stereocenters. The first-order valence-corrected chi connectivity index (χ1v) is 10.3. The Kier molecular flexibility index (Phi) is 4.14. The fourth-order valence-corrected chi connectivity index (χ4v) is 4.78. The largest absolute Gasteiger partial charge is 0.371 e. The zero-order valence-electron chi connectivity index (χ0n) is 17.1. The molecule has 0 radical (unpaired) electrons. The smallest absolute Gasteiger partial charge is 0.280 e. The fourth-order valence-electron chi connectivity index (χ4n) is 4.78. The maximum absolute atomic E-state index is 13.0. The summed E-state index contributed by atoms with van der Waals surface area (Å²) in [6.45, 7) is 1.67. The van der Waals surface area contributed by atoms with Gasteiger partial charge in [-0.15, -0.1) is 0 Å². The third-order valence-corrected chi connectivity index (χ3v) is 6.47. The third-order valence-electron chi connectivity index (χ3n) is 6.47. The number of aryl methyl sites for hydroxylation is 1. The van der Waals surface area contributed by atoms with Crippen LogP contribution in [0.5, 0.6) is 0 Å². The lowest BCUT2D eigenvalue weighted by atomic mass is 10.1. The van der Waals surface area contributed by atoms with Crippen LogP contribution in [0.25, 0.3) is 11.2 Å². The van der Waals surface area contributed by atoms with Gasteiger partial charge in [-0.25, -0.2) is 18.7 Å². The number of rotatable bonds is 5. The summed E-state index contributed by atoms with van der Waals surface area (Å²) < 4.78 is 34.4. The molecule has 0 N–H and O–H groups in total. The summed E-state index contributed by atoms with van der Waals surface area (Å²) in [7, 11) is 1.74. The van der Waals surface area contributed by atoms with Crippen LogP contribution in [-0.4, -0.2) is 42.3 Å². The van der Waals surface area contributed by atoms with Crippen LogP contribution in [0.2, 0.25) is 0 Å². The Hall–Kier alpha value is -3.63. The average Bonchev–Trinajstić information content (AvgIpc) is 3.21. The number of anilines is 1. The number of hydrogen-bond acceptors (Lipinski definition) is 7. The van der Waals surface area contributed by atoms with Gasteiger partial charge < -0.3 is 14.0 Å². The maximum atomic E-state index is 13.0. The van der Waals surface area contributed by atoms with Crippen LogP contribution in [0.15, 0.2) is 46.2 Å². The molecule has 1 saturated heterocycles. The number of aromatic nitrogens is 6. The number of alkyl halides is 2. The highest BCUT2D eigenvalue weighted by atomic mass is 19.3. The van der Waals surface area contributed by atoms with Gasteiger partial charge in [0.1, 0.15) is 12.9 Å². The van der Waals surface area contributed by atoms with Gasteiger partial charge in [0, 0.05) is 37.3 Å². The zero-order chi connectivity index (χ0) is 22.0. The quantitative estimate of drug-likeness (QED) is 0.471. The van der Waals surface area contributed by atoms with Crippen LogP contribution in [0.3, 0.4) is 0 Å². The number of hydrogen-bond donors (Lipinski definition) is 0. The van der Waals surface area contributed by atoms with Gasteiger partial charge in [0.2, 0.25) is 5.89 Å². The second kappa shape index (κ2) is 6.94. The molecule has 1 aromatic carbocycles. The monoisotopic (exact) mass is 439 g/mol. The SMILES string of the molecule is Cn1cnc2ncn(Cc3nc(C4[C@H]5CN(c6cccc(C(F)F)c6)C[C@@H]45)no3)c(=O)c21. The van der Waals surface area contributed by atoms with E-state index < -0.39 is 6.43 Å². The normalized spacial score (nSPS) is 22.1. The molecule has 2 fully saturated rings. The highest BCUT2D eigenvalue weighted by Gasteiger charge is 2.58. The van der Waals surface area contributed by atoms with Crippen molar-refractivity contribution in [1.29, 1.82) is 0 Å². The van der Waals surface area contributed by atoms with E-state index >= 15 is 0 Å². The summed E-state index contributed by atoms with van der Waals surface area (Å²) in [6, 6.07) is 6.54. The number of fused-ring (bicyclic) bond motifs is 2. The highest BCUT2D eigenvalue weighted by molar-refractivity contribution is 5.68. The number of benzene rings is 1. The molecule has 6 rings (SSSR count). The van der Waals surface area contributed by atoms with Crippen molar-refractivity contribution in [3.63, 3.8) is 0 Å². The van der Waals surface area contributed by atoms with Crippen molar-refractivity contribution >= 4 is 16.9 Å². The lowest BCUT2D eigenvalue weighted by Gasteiger charge is -2.22. The number of nitrogens with zero attached hydrogens (tertiary/aromatic N) is 7. The van der Waals surface area contributed by atoms with Crippen molar-refractivity contribution in [3.05, 3.63) is 64.6 Å². The van der Waals surface area contributed by atoms with E-state index in [0.717, 1.165) is 18.8 Å². The Balaban J connectivity index is 1.15. The van der Waals surface area contributed by atoms with Crippen molar-refractivity contribution in [2.24, 2.45) is 18.9 Å². The molecular formula is C21H19F2N7O2. The first-order chi connectivity index (χ1) is 15.5. The van der Waals surface area contributed by atoms with Crippen molar-refractivity contribution in [2.75, 3.05) is 18.0 Å². The Labute approximate surface area is 180 Å². The van der Waals surface area contributed by atoms with Gasteiger partial charge in [-0.1, -0.05) is 17.3 Å². The molecule has 0 bridgehead atoms. The van der Waals surface area contributed by atoms with E-state index in [1.807, 2.05) is 6.07 Å². The van der Waals surface area contributed by atoms with Crippen LogP contribution in [0.1, 0.15) is 29.6 Å². The minimum atomic E-state index is -2.47. The van der Waals surface area contributed by atoms with Crippen LogP contribution in [-0.2, 0) is 13.6 Å². The predicted octanol–water partition coefficient (Wildman–Crippen LogP) is 2.35. The Morgan fingerprint density at radius 2 is 1.97 bits per heavy atom. The summed E-state index contributed by atoms with van der Waals surface area (Å²) in [5.41, 5.74) is 1.45. The van der Waals surface area contributed by atoms with E-state index in [0.29, 0.717) is 34.7 Å². The van der Waals surface area contributed by atoms with Crippen molar-refractivity contribution in [3.8, 4) is 0 Å². The van der Waals surface area contributed by atoms with E-state index in [-0.39, 0.29) is 23.6 Å². The first-order valence-electron chi connectivity index (χ1n) is 10.3. The van der Waals surface area contributed by atoms with E-state index in [4.69, 9.17) is 4.52 Å². The van der Waals surface area contributed by atoms with Crippen molar-refractivity contribution < 1.29 is 13.3 Å². The fraction of sp³-hybridized carbons (Fsp3) is 0.381.